The Balaban J connectivity index is 1.70. The molecule has 0 bridgehead atoms. The van der Waals surface area contributed by atoms with E-state index in [-0.39, 0.29) is 23.4 Å². The molecule has 3 aromatic rings. The highest BCUT2D eigenvalue weighted by atomic mass is 32.2. The van der Waals surface area contributed by atoms with E-state index in [4.69, 9.17) is 4.74 Å². The number of hydrogen-bond acceptors (Lipinski definition) is 4. The van der Waals surface area contributed by atoms with Gasteiger partial charge in [0.15, 0.2) is 0 Å². The SMILES string of the molecule is CC[C@H](NC(=O)CN(C)S(=O)(=O)c1ccc2ccccc2c1)c1ccc(OC)cc1. The number of carbonyl (C=O) groups excluding carboxylic acids is 1. The highest BCUT2D eigenvalue weighted by Crippen LogP contribution is 2.22. The van der Waals surface area contributed by atoms with Gasteiger partial charge in [0.1, 0.15) is 5.75 Å². The van der Waals surface area contributed by atoms with E-state index in [0.29, 0.717) is 6.42 Å². The minimum Gasteiger partial charge on any atom is -0.497 e. The average molecular weight is 427 g/mol. The van der Waals surface area contributed by atoms with Gasteiger partial charge in [-0.2, -0.15) is 4.31 Å². The molecule has 1 atom stereocenters. The van der Waals surface area contributed by atoms with Crippen LogP contribution in [-0.4, -0.2) is 39.3 Å². The summed E-state index contributed by atoms with van der Waals surface area (Å²) < 4.78 is 32.1. The smallest absolute Gasteiger partial charge is 0.243 e. The summed E-state index contributed by atoms with van der Waals surface area (Å²) in [6.07, 6.45) is 0.680. The highest BCUT2D eigenvalue weighted by Gasteiger charge is 2.24. The van der Waals surface area contributed by atoms with Gasteiger partial charge in [0.05, 0.1) is 24.6 Å². The van der Waals surface area contributed by atoms with Gasteiger partial charge in [-0.05, 0) is 47.0 Å². The topological polar surface area (TPSA) is 75.7 Å². The molecule has 0 radical (unpaired) electrons. The molecule has 0 aliphatic carbocycles. The minimum absolute atomic E-state index is 0.165. The molecule has 0 aliphatic rings. The lowest BCUT2D eigenvalue weighted by atomic mass is 10.0. The van der Waals surface area contributed by atoms with Crippen LogP contribution in [0.25, 0.3) is 10.8 Å². The maximum atomic E-state index is 12.9. The van der Waals surface area contributed by atoms with Crippen molar-refractivity contribution in [3.63, 3.8) is 0 Å². The largest absolute Gasteiger partial charge is 0.497 e. The van der Waals surface area contributed by atoms with Crippen molar-refractivity contribution >= 4 is 26.7 Å². The summed E-state index contributed by atoms with van der Waals surface area (Å²) in [7, 11) is -0.773. The zero-order valence-electron chi connectivity index (χ0n) is 17.3. The first-order valence-electron chi connectivity index (χ1n) is 9.73. The molecule has 0 fully saturated rings. The number of fused-ring (bicyclic) bond motifs is 1. The predicted octanol–water partition coefficient (Wildman–Crippen LogP) is 3.74. The molecule has 158 valence electrons. The number of nitrogens with zero attached hydrogens (tertiary/aromatic N) is 1. The summed E-state index contributed by atoms with van der Waals surface area (Å²) in [5.41, 5.74) is 0.937. The summed E-state index contributed by atoms with van der Waals surface area (Å²) in [4.78, 5) is 12.7. The summed E-state index contributed by atoms with van der Waals surface area (Å²) in [6.45, 7) is 1.70. The molecule has 0 saturated heterocycles. The second kappa shape index (κ2) is 9.28. The van der Waals surface area contributed by atoms with Gasteiger partial charge in [0.25, 0.3) is 0 Å². The lowest BCUT2D eigenvalue weighted by molar-refractivity contribution is -0.121. The molecule has 3 rings (SSSR count). The number of nitrogens with one attached hydrogen (secondary N) is 1. The van der Waals surface area contributed by atoms with E-state index < -0.39 is 10.0 Å². The number of sulfonamides is 1. The first kappa shape index (κ1) is 21.8. The van der Waals surface area contributed by atoms with Crippen molar-refractivity contribution in [1.82, 2.24) is 9.62 Å². The molecular weight excluding hydrogens is 400 g/mol. The second-order valence-electron chi connectivity index (χ2n) is 7.07. The quantitative estimate of drug-likeness (QED) is 0.595. The molecule has 0 aromatic heterocycles. The Labute approximate surface area is 177 Å². The lowest BCUT2D eigenvalue weighted by Gasteiger charge is -2.21. The van der Waals surface area contributed by atoms with Crippen LogP contribution in [0.1, 0.15) is 24.9 Å². The van der Waals surface area contributed by atoms with Gasteiger partial charge in [0.2, 0.25) is 15.9 Å². The molecule has 0 spiro atoms. The third-order valence-electron chi connectivity index (χ3n) is 5.06. The zero-order chi connectivity index (χ0) is 21.7. The molecular formula is C23H26N2O4S. The highest BCUT2D eigenvalue weighted by molar-refractivity contribution is 7.89. The van der Waals surface area contributed by atoms with Gasteiger partial charge in [-0.1, -0.05) is 49.4 Å². The molecule has 6 nitrogen and oxygen atoms in total. The van der Waals surface area contributed by atoms with Crippen LogP contribution < -0.4 is 10.1 Å². The average Bonchev–Trinajstić information content (AvgIpc) is 2.77. The monoisotopic (exact) mass is 426 g/mol. The normalized spacial score (nSPS) is 12.7. The molecule has 1 N–H and O–H groups in total. The van der Waals surface area contributed by atoms with Crippen molar-refractivity contribution in [2.75, 3.05) is 20.7 Å². The minimum atomic E-state index is -3.79. The van der Waals surface area contributed by atoms with Crippen molar-refractivity contribution in [2.24, 2.45) is 0 Å². The fourth-order valence-electron chi connectivity index (χ4n) is 3.29. The maximum absolute atomic E-state index is 12.9. The number of hydrogen-bond donors (Lipinski definition) is 1. The van der Waals surface area contributed by atoms with Crippen LogP contribution in [-0.2, 0) is 14.8 Å². The van der Waals surface area contributed by atoms with E-state index in [9.17, 15) is 13.2 Å². The Morgan fingerprint density at radius 1 is 1.03 bits per heavy atom. The zero-order valence-corrected chi connectivity index (χ0v) is 18.1. The summed E-state index contributed by atoms with van der Waals surface area (Å²) in [5, 5.41) is 4.71. The number of benzene rings is 3. The van der Waals surface area contributed by atoms with E-state index >= 15 is 0 Å². The number of rotatable bonds is 8. The number of likely N-dealkylation sites (N-methyl/N-ethyl adjacent to an activating group) is 1. The molecule has 3 aromatic carbocycles. The lowest BCUT2D eigenvalue weighted by Crippen LogP contribution is -2.39. The summed E-state index contributed by atoms with van der Waals surface area (Å²) in [6, 6.07) is 19.8. The molecule has 1 amide bonds. The molecule has 0 unspecified atom stereocenters. The van der Waals surface area contributed by atoms with Gasteiger partial charge in [0, 0.05) is 7.05 Å². The van der Waals surface area contributed by atoms with Gasteiger partial charge in [-0.3, -0.25) is 4.79 Å². The van der Waals surface area contributed by atoms with Crippen LogP contribution in [0, 0.1) is 0 Å². The summed E-state index contributed by atoms with van der Waals surface area (Å²) in [5.74, 6) is 0.380. The first-order valence-corrected chi connectivity index (χ1v) is 11.2. The Morgan fingerprint density at radius 2 is 1.70 bits per heavy atom. The van der Waals surface area contributed by atoms with Crippen molar-refractivity contribution < 1.29 is 17.9 Å². The van der Waals surface area contributed by atoms with E-state index in [1.54, 1.807) is 25.3 Å². The number of carbonyl (C=O) groups is 1. The van der Waals surface area contributed by atoms with E-state index in [2.05, 4.69) is 5.32 Å². The van der Waals surface area contributed by atoms with Crippen molar-refractivity contribution in [3.05, 3.63) is 72.3 Å². The van der Waals surface area contributed by atoms with Crippen LogP contribution in [0.3, 0.4) is 0 Å². The molecule has 0 saturated carbocycles. The van der Waals surface area contributed by atoms with E-state index in [1.165, 1.54) is 7.05 Å². The Morgan fingerprint density at radius 3 is 2.33 bits per heavy atom. The van der Waals surface area contributed by atoms with E-state index in [1.807, 2.05) is 55.5 Å². The van der Waals surface area contributed by atoms with Crippen molar-refractivity contribution in [3.8, 4) is 5.75 Å². The van der Waals surface area contributed by atoms with Gasteiger partial charge >= 0.3 is 0 Å². The predicted molar refractivity (Wildman–Crippen MR) is 118 cm³/mol. The Kier molecular flexibility index (Phi) is 6.74. The van der Waals surface area contributed by atoms with E-state index in [0.717, 1.165) is 26.4 Å². The van der Waals surface area contributed by atoms with Crippen molar-refractivity contribution in [2.45, 2.75) is 24.3 Å². The third-order valence-corrected chi connectivity index (χ3v) is 6.86. The number of ether oxygens (including phenoxy) is 1. The number of amides is 1. The van der Waals surface area contributed by atoms with Crippen LogP contribution in [0.2, 0.25) is 0 Å². The molecule has 0 aliphatic heterocycles. The van der Waals surface area contributed by atoms with Crippen LogP contribution >= 0.6 is 0 Å². The Bertz CT molecular complexity index is 1130. The maximum Gasteiger partial charge on any atom is 0.243 e. The fourth-order valence-corrected chi connectivity index (χ4v) is 4.46. The molecule has 7 heteroatoms. The molecule has 30 heavy (non-hydrogen) atoms. The fraction of sp³-hybridized carbons (Fsp3) is 0.261. The number of methoxy groups -OCH3 is 1. The standard InChI is InChI=1S/C23H26N2O4S/c1-4-22(18-9-12-20(29-3)13-10-18)24-23(26)16-25(2)30(27,28)21-14-11-17-7-5-6-8-19(17)15-21/h5-15,22H,4,16H2,1-3H3,(H,24,26)/t22-/m0/s1. The summed E-state index contributed by atoms with van der Waals surface area (Å²) >= 11 is 0. The van der Waals surface area contributed by atoms with Crippen LogP contribution in [0.5, 0.6) is 5.75 Å². The van der Waals surface area contributed by atoms with Gasteiger partial charge in [-0.15, -0.1) is 0 Å². The van der Waals surface area contributed by atoms with Crippen LogP contribution in [0.4, 0.5) is 0 Å². The third kappa shape index (κ3) is 4.80. The Hall–Kier alpha value is -2.90. The van der Waals surface area contributed by atoms with Gasteiger partial charge in [-0.25, -0.2) is 8.42 Å². The van der Waals surface area contributed by atoms with Crippen LogP contribution in [0.15, 0.2) is 71.6 Å². The first-order chi connectivity index (χ1) is 14.3. The van der Waals surface area contributed by atoms with Gasteiger partial charge < -0.3 is 10.1 Å². The second-order valence-corrected chi connectivity index (χ2v) is 9.12. The molecule has 0 heterocycles. The van der Waals surface area contributed by atoms with Crippen molar-refractivity contribution in [1.29, 1.82) is 0 Å².